The third kappa shape index (κ3) is 3.39. The quantitative estimate of drug-likeness (QED) is 0.878. The van der Waals surface area contributed by atoms with Gasteiger partial charge in [0.2, 0.25) is 0 Å². The SMILES string of the molecule is Cc1cc(C)c(C(=O)N2C[C@H]3CC[C@@H]2CN(Cc2c(C)noc2C)C3)c(=O)[nH]1. The molecule has 0 aliphatic carbocycles. The molecule has 5 heterocycles. The lowest BCUT2D eigenvalue weighted by Crippen LogP contribution is -2.48. The van der Waals surface area contributed by atoms with Crippen molar-refractivity contribution in [2.75, 3.05) is 19.6 Å². The maximum Gasteiger partial charge on any atom is 0.261 e. The van der Waals surface area contributed by atoms with Gasteiger partial charge < -0.3 is 14.4 Å². The highest BCUT2D eigenvalue weighted by Gasteiger charge is 2.38. The molecule has 28 heavy (non-hydrogen) atoms. The first-order valence-corrected chi connectivity index (χ1v) is 9.99. The molecule has 2 atom stereocenters. The number of aromatic amines is 1. The summed E-state index contributed by atoms with van der Waals surface area (Å²) >= 11 is 0. The Kier molecular flexibility index (Phi) is 4.87. The van der Waals surface area contributed by atoms with Gasteiger partial charge in [-0.25, -0.2) is 0 Å². The largest absolute Gasteiger partial charge is 0.361 e. The molecule has 2 aromatic rings. The van der Waals surface area contributed by atoms with E-state index < -0.39 is 0 Å². The fraction of sp³-hybridized carbons (Fsp3) is 0.571. The average Bonchev–Trinajstić information content (AvgIpc) is 2.80. The maximum absolute atomic E-state index is 13.3. The van der Waals surface area contributed by atoms with E-state index >= 15 is 0 Å². The number of carbonyl (C=O) groups is 1. The van der Waals surface area contributed by atoms with Crippen LogP contribution in [0.4, 0.5) is 0 Å². The topological polar surface area (TPSA) is 82.4 Å². The number of hydrogen-bond donors (Lipinski definition) is 1. The van der Waals surface area contributed by atoms with Crippen LogP contribution in [0.3, 0.4) is 0 Å². The van der Waals surface area contributed by atoms with E-state index in [4.69, 9.17) is 4.52 Å². The summed E-state index contributed by atoms with van der Waals surface area (Å²) in [5, 5.41) is 4.06. The third-order valence-corrected chi connectivity index (χ3v) is 6.19. The van der Waals surface area contributed by atoms with E-state index in [1.165, 1.54) is 0 Å². The second-order valence-corrected chi connectivity index (χ2v) is 8.39. The van der Waals surface area contributed by atoms with Gasteiger partial charge in [0.15, 0.2) is 0 Å². The normalized spacial score (nSPS) is 22.5. The Hall–Kier alpha value is -2.41. The number of fused-ring (bicyclic) bond motifs is 4. The minimum atomic E-state index is -0.282. The van der Waals surface area contributed by atoms with Gasteiger partial charge in [-0.3, -0.25) is 14.5 Å². The first kappa shape index (κ1) is 18.9. The Labute approximate surface area is 164 Å². The number of piperidine rings is 1. The zero-order valence-corrected chi connectivity index (χ0v) is 17.0. The van der Waals surface area contributed by atoms with Crippen LogP contribution in [-0.4, -0.2) is 51.5 Å². The summed E-state index contributed by atoms with van der Waals surface area (Å²) in [6.45, 7) is 10.9. The second kappa shape index (κ2) is 7.20. The highest BCUT2D eigenvalue weighted by Crippen LogP contribution is 2.30. The molecule has 0 aromatic carbocycles. The molecule has 2 bridgehead atoms. The molecule has 0 radical (unpaired) electrons. The molecule has 5 rings (SSSR count). The molecule has 3 fully saturated rings. The first-order valence-electron chi connectivity index (χ1n) is 9.99. The molecule has 1 amide bonds. The van der Waals surface area contributed by atoms with Crippen LogP contribution in [0.25, 0.3) is 0 Å². The molecule has 1 N–H and O–H groups in total. The van der Waals surface area contributed by atoms with E-state index in [0.29, 0.717) is 12.5 Å². The molecule has 3 saturated heterocycles. The predicted molar refractivity (Wildman–Crippen MR) is 105 cm³/mol. The number of hydrogen-bond acceptors (Lipinski definition) is 5. The number of aryl methyl sites for hydroxylation is 4. The number of nitrogens with one attached hydrogen (secondary N) is 1. The average molecular weight is 384 g/mol. The van der Waals surface area contributed by atoms with Gasteiger partial charge in [0, 0.05) is 43.5 Å². The lowest BCUT2D eigenvalue weighted by atomic mass is 9.94. The molecule has 0 unspecified atom stereocenters. The Morgan fingerprint density at radius 2 is 2.00 bits per heavy atom. The van der Waals surface area contributed by atoms with Crippen molar-refractivity contribution in [3.63, 3.8) is 0 Å². The van der Waals surface area contributed by atoms with Gasteiger partial charge >= 0.3 is 0 Å². The van der Waals surface area contributed by atoms with Crippen LogP contribution >= 0.6 is 0 Å². The smallest absolute Gasteiger partial charge is 0.261 e. The lowest BCUT2D eigenvalue weighted by molar-refractivity contribution is 0.0582. The molecule has 7 nitrogen and oxygen atoms in total. The van der Waals surface area contributed by atoms with Gasteiger partial charge in [-0.05, 0) is 58.1 Å². The fourth-order valence-corrected chi connectivity index (χ4v) is 4.77. The molecule has 0 spiro atoms. The summed E-state index contributed by atoms with van der Waals surface area (Å²) < 4.78 is 5.31. The van der Waals surface area contributed by atoms with Crippen LogP contribution in [0.15, 0.2) is 15.4 Å². The lowest BCUT2D eigenvalue weighted by Gasteiger charge is -2.36. The number of pyridine rings is 1. The summed E-state index contributed by atoms with van der Waals surface area (Å²) in [5.74, 6) is 1.16. The van der Waals surface area contributed by atoms with Crippen LogP contribution in [0.5, 0.6) is 0 Å². The number of rotatable bonds is 3. The van der Waals surface area contributed by atoms with Crippen molar-refractivity contribution in [3.05, 3.63) is 50.3 Å². The summed E-state index contributed by atoms with van der Waals surface area (Å²) in [5.41, 5.74) is 3.61. The van der Waals surface area contributed by atoms with Gasteiger partial charge in [-0.2, -0.15) is 0 Å². The second-order valence-electron chi connectivity index (χ2n) is 8.39. The van der Waals surface area contributed by atoms with Crippen LogP contribution in [-0.2, 0) is 6.54 Å². The Morgan fingerprint density at radius 1 is 1.21 bits per heavy atom. The Balaban J connectivity index is 1.57. The highest BCUT2D eigenvalue weighted by atomic mass is 16.5. The molecule has 2 aromatic heterocycles. The number of amides is 1. The van der Waals surface area contributed by atoms with E-state index in [0.717, 1.165) is 60.8 Å². The van der Waals surface area contributed by atoms with Crippen molar-refractivity contribution in [3.8, 4) is 0 Å². The molecule has 7 heteroatoms. The zero-order chi connectivity index (χ0) is 20.0. The summed E-state index contributed by atoms with van der Waals surface area (Å²) in [7, 11) is 0. The van der Waals surface area contributed by atoms with Crippen molar-refractivity contribution in [1.82, 2.24) is 19.9 Å². The number of H-pyrrole nitrogens is 1. The van der Waals surface area contributed by atoms with Crippen molar-refractivity contribution in [2.45, 2.75) is 53.1 Å². The third-order valence-electron chi connectivity index (χ3n) is 6.19. The highest BCUT2D eigenvalue weighted by molar-refractivity contribution is 5.95. The van der Waals surface area contributed by atoms with Crippen LogP contribution < -0.4 is 5.56 Å². The van der Waals surface area contributed by atoms with E-state index in [1.807, 2.05) is 38.7 Å². The minimum Gasteiger partial charge on any atom is -0.361 e. The van der Waals surface area contributed by atoms with Crippen LogP contribution in [0, 0.1) is 33.6 Å². The summed E-state index contributed by atoms with van der Waals surface area (Å²) in [4.78, 5) is 32.9. The van der Waals surface area contributed by atoms with E-state index in [-0.39, 0.29) is 23.1 Å². The van der Waals surface area contributed by atoms with Crippen LogP contribution in [0.1, 0.15) is 51.5 Å². The molecule has 3 aliphatic heterocycles. The molecule has 3 aliphatic rings. The Morgan fingerprint density at radius 3 is 2.68 bits per heavy atom. The van der Waals surface area contributed by atoms with Crippen molar-refractivity contribution in [2.24, 2.45) is 5.92 Å². The van der Waals surface area contributed by atoms with E-state index in [9.17, 15) is 9.59 Å². The van der Waals surface area contributed by atoms with Crippen molar-refractivity contribution in [1.29, 1.82) is 0 Å². The van der Waals surface area contributed by atoms with Crippen molar-refractivity contribution >= 4 is 5.91 Å². The first-order chi connectivity index (χ1) is 13.3. The van der Waals surface area contributed by atoms with E-state index in [2.05, 4.69) is 15.0 Å². The molecular weight excluding hydrogens is 356 g/mol. The minimum absolute atomic E-state index is 0.131. The van der Waals surface area contributed by atoms with Gasteiger partial charge in [-0.15, -0.1) is 0 Å². The number of nitrogens with zero attached hydrogens (tertiary/aromatic N) is 3. The predicted octanol–water partition coefficient (Wildman–Crippen LogP) is 2.33. The number of carbonyl (C=O) groups excluding carboxylic acids is 1. The van der Waals surface area contributed by atoms with Gasteiger partial charge in [0.1, 0.15) is 11.3 Å². The fourth-order valence-electron chi connectivity index (χ4n) is 4.77. The van der Waals surface area contributed by atoms with Crippen molar-refractivity contribution < 1.29 is 9.32 Å². The summed E-state index contributed by atoms with van der Waals surface area (Å²) in [6, 6.07) is 2.00. The van der Waals surface area contributed by atoms with Gasteiger partial charge in [0.25, 0.3) is 11.5 Å². The molecular formula is C21H28N4O3. The standard InChI is InChI=1S/C21H28N4O3/c1-12-7-13(2)22-20(26)19(12)21(27)25-9-16-5-6-17(25)10-24(8-16)11-18-14(3)23-28-15(18)4/h7,16-17H,5-6,8-11H2,1-4H3,(H,22,26)/t16-,17+/m0/s1. The number of aromatic nitrogens is 2. The summed E-state index contributed by atoms with van der Waals surface area (Å²) in [6.07, 6.45) is 2.10. The Bertz CT molecular complexity index is 942. The van der Waals surface area contributed by atoms with Gasteiger partial charge in [0.05, 0.1) is 5.69 Å². The molecule has 150 valence electrons. The van der Waals surface area contributed by atoms with Gasteiger partial charge in [-0.1, -0.05) is 5.16 Å². The monoisotopic (exact) mass is 384 g/mol. The maximum atomic E-state index is 13.3. The van der Waals surface area contributed by atoms with Crippen LogP contribution in [0.2, 0.25) is 0 Å². The van der Waals surface area contributed by atoms with E-state index in [1.54, 1.807) is 0 Å². The molecule has 0 saturated carbocycles. The zero-order valence-electron chi connectivity index (χ0n) is 17.0.